The van der Waals surface area contributed by atoms with Crippen LogP contribution in [0.2, 0.25) is 0 Å². The molecule has 0 saturated carbocycles. The lowest BCUT2D eigenvalue weighted by atomic mass is 10.3. The summed E-state index contributed by atoms with van der Waals surface area (Å²) in [6, 6.07) is 13.6. The standard InChI is InChI=1S/C18H17N5O2/c1-22(13-17-20-21-18(25-17)16-8-5-9-24-16)11-14-10-19-23(12-14)15-6-3-2-4-7-15/h2-10,12H,11,13H2,1H3. The van der Waals surface area contributed by atoms with Crippen LogP contribution in [0.3, 0.4) is 0 Å². The summed E-state index contributed by atoms with van der Waals surface area (Å²) in [6.45, 7) is 1.27. The van der Waals surface area contributed by atoms with E-state index in [9.17, 15) is 0 Å². The first-order chi connectivity index (χ1) is 12.3. The van der Waals surface area contributed by atoms with E-state index >= 15 is 0 Å². The van der Waals surface area contributed by atoms with Gasteiger partial charge >= 0.3 is 0 Å². The molecular formula is C18H17N5O2. The van der Waals surface area contributed by atoms with Gasteiger partial charge in [-0.3, -0.25) is 4.90 Å². The highest BCUT2D eigenvalue weighted by Crippen LogP contribution is 2.18. The molecule has 0 aliphatic carbocycles. The Balaban J connectivity index is 1.39. The van der Waals surface area contributed by atoms with Crippen molar-refractivity contribution in [1.29, 1.82) is 0 Å². The number of nitrogens with zero attached hydrogens (tertiary/aromatic N) is 5. The lowest BCUT2D eigenvalue weighted by Gasteiger charge is -2.12. The van der Waals surface area contributed by atoms with Crippen LogP contribution in [0.1, 0.15) is 11.5 Å². The summed E-state index contributed by atoms with van der Waals surface area (Å²) in [6.07, 6.45) is 5.47. The average molecular weight is 335 g/mol. The number of para-hydroxylation sites is 1. The van der Waals surface area contributed by atoms with Gasteiger partial charge in [-0.15, -0.1) is 10.2 Å². The Kier molecular flexibility index (Phi) is 4.14. The fourth-order valence-electron chi connectivity index (χ4n) is 2.58. The molecule has 0 aliphatic heterocycles. The van der Waals surface area contributed by atoms with Crippen molar-refractivity contribution in [3.63, 3.8) is 0 Å². The summed E-state index contributed by atoms with van der Waals surface area (Å²) >= 11 is 0. The topological polar surface area (TPSA) is 73.1 Å². The number of hydrogen-bond donors (Lipinski definition) is 0. The van der Waals surface area contributed by atoms with Gasteiger partial charge in [0.25, 0.3) is 5.89 Å². The minimum absolute atomic E-state index is 0.394. The van der Waals surface area contributed by atoms with Crippen molar-refractivity contribution in [2.24, 2.45) is 0 Å². The maximum Gasteiger partial charge on any atom is 0.283 e. The molecule has 0 radical (unpaired) electrons. The van der Waals surface area contributed by atoms with Crippen LogP contribution in [0.5, 0.6) is 0 Å². The number of aromatic nitrogens is 4. The van der Waals surface area contributed by atoms with Crippen molar-refractivity contribution in [1.82, 2.24) is 24.9 Å². The Labute approximate surface area is 144 Å². The molecular weight excluding hydrogens is 318 g/mol. The molecule has 3 aromatic heterocycles. The first kappa shape index (κ1) is 15.3. The first-order valence-corrected chi connectivity index (χ1v) is 7.92. The predicted octanol–water partition coefficient (Wildman–Crippen LogP) is 3.15. The second-order valence-corrected chi connectivity index (χ2v) is 5.78. The van der Waals surface area contributed by atoms with E-state index in [0.717, 1.165) is 17.8 Å². The molecule has 4 aromatic rings. The molecule has 126 valence electrons. The molecule has 25 heavy (non-hydrogen) atoms. The highest BCUT2D eigenvalue weighted by molar-refractivity contribution is 5.42. The van der Waals surface area contributed by atoms with Crippen molar-refractivity contribution < 1.29 is 8.83 Å². The number of furan rings is 1. The van der Waals surface area contributed by atoms with Gasteiger partial charge in [0.2, 0.25) is 5.89 Å². The second kappa shape index (κ2) is 6.74. The Morgan fingerprint density at radius 1 is 1.04 bits per heavy atom. The van der Waals surface area contributed by atoms with E-state index in [1.165, 1.54) is 0 Å². The molecule has 0 unspecified atom stereocenters. The van der Waals surface area contributed by atoms with Crippen LogP contribution in [0, 0.1) is 0 Å². The van der Waals surface area contributed by atoms with Gasteiger partial charge in [-0.1, -0.05) is 18.2 Å². The van der Waals surface area contributed by atoms with Gasteiger partial charge in [0, 0.05) is 18.3 Å². The number of rotatable bonds is 6. The largest absolute Gasteiger partial charge is 0.459 e. The van der Waals surface area contributed by atoms with Crippen LogP contribution in [0.4, 0.5) is 0 Å². The molecule has 0 amide bonds. The molecule has 0 spiro atoms. The highest BCUT2D eigenvalue weighted by Gasteiger charge is 2.13. The first-order valence-electron chi connectivity index (χ1n) is 7.92. The van der Waals surface area contributed by atoms with Crippen LogP contribution in [-0.2, 0) is 13.1 Å². The number of hydrogen-bond acceptors (Lipinski definition) is 6. The van der Waals surface area contributed by atoms with Gasteiger partial charge in [0.05, 0.1) is 24.7 Å². The van der Waals surface area contributed by atoms with Crippen LogP contribution >= 0.6 is 0 Å². The predicted molar refractivity (Wildman–Crippen MR) is 90.7 cm³/mol. The zero-order chi connectivity index (χ0) is 17.1. The maximum atomic E-state index is 5.63. The Bertz CT molecular complexity index is 927. The zero-order valence-corrected chi connectivity index (χ0v) is 13.7. The molecule has 0 aliphatic rings. The Morgan fingerprint density at radius 2 is 1.92 bits per heavy atom. The van der Waals surface area contributed by atoms with E-state index in [0.29, 0.717) is 24.1 Å². The van der Waals surface area contributed by atoms with Gasteiger partial charge in [0.1, 0.15) is 0 Å². The third-order valence-corrected chi connectivity index (χ3v) is 3.71. The summed E-state index contributed by atoms with van der Waals surface area (Å²) in [4.78, 5) is 2.09. The lowest BCUT2D eigenvalue weighted by Crippen LogP contribution is -2.17. The zero-order valence-electron chi connectivity index (χ0n) is 13.7. The molecule has 1 aromatic carbocycles. The molecule has 0 fully saturated rings. The van der Waals surface area contributed by atoms with Gasteiger partial charge in [-0.05, 0) is 31.3 Å². The maximum absolute atomic E-state index is 5.63. The van der Waals surface area contributed by atoms with Crippen LogP contribution < -0.4 is 0 Å². The van der Waals surface area contributed by atoms with Crippen LogP contribution in [0.25, 0.3) is 17.3 Å². The van der Waals surface area contributed by atoms with Crippen LogP contribution in [-0.4, -0.2) is 31.9 Å². The summed E-state index contributed by atoms with van der Waals surface area (Å²) in [5.74, 6) is 1.51. The summed E-state index contributed by atoms with van der Waals surface area (Å²) in [7, 11) is 2.00. The quantitative estimate of drug-likeness (QED) is 0.539. The SMILES string of the molecule is CN(Cc1cnn(-c2ccccc2)c1)Cc1nnc(-c2ccco2)o1. The van der Waals surface area contributed by atoms with E-state index in [1.807, 2.05) is 54.5 Å². The Morgan fingerprint density at radius 3 is 2.72 bits per heavy atom. The van der Waals surface area contributed by atoms with Crippen molar-refractivity contribution in [3.8, 4) is 17.3 Å². The van der Waals surface area contributed by atoms with Crippen LogP contribution in [0.15, 0.2) is 70.0 Å². The van der Waals surface area contributed by atoms with E-state index in [2.05, 4.69) is 20.2 Å². The Hall–Kier alpha value is -3.19. The van der Waals surface area contributed by atoms with Gasteiger partial charge in [-0.2, -0.15) is 5.10 Å². The molecule has 3 heterocycles. The van der Waals surface area contributed by atoms with Crippen molar-refractivity contribution in [3.05, 3.63) is 72.6 Å². The summed E-state index contributed by atoms with van der Waals surface area (Å²) in [5, 5.41) is 12.5. The summed E-state index contributed by atoms with van der Waals surface area (Å²) < 4.78 is 12.8. The van der Waals surface area contributed by atoms with Crippen molar-refractivity contribution in [2.45, 2.75) is 13.1 Å². The molecule has 7 nitrogen and oxygen atoms in total. The molecule has 0 N–H and O–H groups in total. The normalized spacial score (nSPS) is 11.3. The van der Waals surface area contributed by atoms with E-state index in [1.54, 1.807) is 18.4 Å². The minimum atomic E-state index is 0.394. The molecule has 4 rings (SSSR count). The highest BCUT2D eigenvalue weighted by atomic mass is 16.4. The average Bonchev–Trinajstić information content (AvgIpc) is 3.37. The fourth-order valence-corrected chi connectivity index (χ4v) is 2.58. The molecule has 0 atom stereocenters. The molecule has 7 heteroatoms. The molecule has 0 saturated heterocycles. The second-order valence-electron chi connectivity index (χ2n) is 5.78. The third kappa shape index (κ3) is 3.51. The molecule has 0 bridgehead atoms. The summed E-state index contributed by atoms with van der Waals surface area (Å²) in [5.41, 5.74) is 2.15. The van der Waals surface area contributed by atoms with Gasteiger partial charge in [0.15, 0.2) is 5.76 Å². The van der Waals surface area contributed by atoms with Crippen molar-refractivity contribution >= 4 is 0 Å². The smallest absolute Gasteiger partial charge is 0.283 e. The van der Waals surface area contributed by atoms with E-state index < -0.39 is 0 Å². The van der Waals surface area contributed by atoms with Crippen molar-refractivity contribution in [2.75, 3.05) is 7.05 Å². The van der Waals surface area contributed by atoms with E-state index in [4.69, 9.17) is 8.83 Å². The van der Waals surface area contributed by atoms with Gasteiger partial charge in [-0.25, -0.2) is 4.68 Å². The van der Waals surface area contributed by atoms with Gasteiger partial charge < -0.3 is 8.83 Å². The fraction of sp³-hybridized carbons (Fsp3) is 0.167. The minimum Gasteiger partial charge on any atom is -0.459 e. The number of benzene rings is 1. The monoisotopic (exact) mass is 335 g/mol. The third-order valence-electron chi connectivity index (χ3n) is 3.71. The lowest BCUT2D eigenvalue weighted by molar-refractivity contribution is 0.282. The van der Waals surface area contributed by atoms with E-state index in [-0.39, 0.29) is 0 Å².